The fourth-order valence-corrected chi connectivity index (χ4v) is 2.98. The summed E-state index contributed by atoms with van der Waals surface area (Å²) in [5.74, 6) is -0.0391. The van der Waals surface area contributed by atoms with E-state index in [0.717, 1.165) is 28.0 Å². The van der Waals surface area contributed by atoms with Gasteiger partial charge in [0, 0.05) is 28.5 Å². The van der Waals surface area contributed by atoms with Gasteiger partial charge in [-0.05, 0) is 41.4 Å². The van der Waals surface area contributed by atoms with Crippen molar-refractivity contribution in [2.75, 3.05) is 6.54 Å². The minimum atomic E-state index is -0.0391. The first-order valence-electron chi connectivity index (χ1n) is 6.10. The van der Waals surface area contributed by atoms with E-state index in [1.807, 2.05) is 31.2 Å². The Morgan fingerprint density at radius 2 is 2.21 bits per heavy atom. The molecule has 19 heavy (non-hydrogen) atoms. The van der Waals surface area contributed by atoms with E-state index < -0.39 is 0 Å². The van der Waals surface area contributed by atoms with Crippen molar-refractivity contribution in [3.8, 4) is 0 Å². The number of hydrogen-bond donors (Lipinski definition) is 1. The van der Waals surface area contributed by atoms with Gasteiger partial charge in [-0.3, -0.25) is 4.79 Å². The third-order valence-electron chi connectivity index (χ3n) is 2.64. The molecule has 100 valence electrons. The van der Waals surface area contributed by atoms with Crippen LogP contribution in [0, 0.1) is 6.92 Å². The van der Waals surface area contributed by atoms with E-state index in [2.05, 4.69) is 31.6 Å². The molecule has 0 aliphatic carbocycles. The number of carbonyl (C=O) groups excluding carboxylic acids is 1. The second-order valence-electron chi connectivity index (χ2n) is 4.22. The summed E-state index contributed by atoms with van der Waals surface area (Å²) >= 11 is 5.05. The average molecular weight is 339 g/mol. The molecule has 0 unspecified atom stereocenters. The number of thiazole rings is 1. The van der Waals surface area contributed by atoms with Gasteiger partial charge in [0.05, 0.1) is 10.6 Å². The number of aryl methyl sites for hydroxylation is 2. The van der Waals surface area contributed by atoms with Crippen molar-refractivity contribution in [1.29, 1.82) is 0 Å². The maximum atomic E-state index is 11.9. The van der Waals surface area contributed by atoms with Gasteiger partial charge in [-0.15, -0.1) is 11.3 Å². The number of nitrogens with one attached hydrogen (secondary N) is 1. The second-order valence-corrected chi connectivity index (χ2v) is 6.02. The Bertz CT molecular complexity index is 568. The van der Waals surface area contributed by atoms with Crippen molar-refractivity contribution in [1.82, 2.24) is 10.3 Å². The number of aromatic nitrogens is 1. The highest BCUT2D eigenvalue weighted by Gasteiger charge is 2.08. The highest BCUT2D eigenvalue weighted by Crippen LogP contribution is 2.15. The summed E-state index contributed by atoms with van der Waals surface area (Å²) in [5, 5.41) is 6.11. The van der Waals surface area contributed by atoms with Crippen LogP contribution in [0.25, 0.3) is 0 Å². The molecule has 5 heteroatoms. The van der Waals surface area contributed by atoms with Crippen LogP contribution >= 0.6 is 27.3 Å². The van der Waals surface area contributed by atoms with Crippen molar-refractivity contribution in [2.24, 2.45) is 0 Å². The molecule has 0 aliphatic heterocycles. The molecule has 0 radical (unpaired) electrons. The standard InChI is InChI=1S/C14H15BrN2OS/c1-10-9-19-13(17-10)7-4-8-16-14(18)11-5-2-3-6-12(11)15/h2-3,5-6,9H,4,7-8H2,1H3,(H,16,18). The van der Waals surface area contributed by atoms with Crippen LogP contribution in [0.1, 0.15) is 27.5 Å². The average Bonchev–Trinajstić information content (AvgIpc) is 2.81. The van der Waals surface area contributed by atoms with Gasteiger partial charge in [0.1, 0.15) is 0 Å². The molecule has 0 bridgehead atoms. The van der Waals surface area contributed by atoms with E-state index in [9.17, 15) is 4.79 Å². The lowest BCUT2D eigenvalue weighted by atomic mass is 10.2. The molecule has 2 rings (SSSR count). The Kier molecular flexibility index (Phi) is 5.10. The minimum Gasteiger partial charge on any atom is -0.352 e. The fourth-order valence-electron chi connectivity index (χ4n) is 1.70. The van der Waals surface area contributed by atoms with Crippen LogP contribution in [0.5, 0.6) is 0 Å². The van der Waals surface area contributed by atoms with Gasteiger partial charge in [-0.25, -0.2) is 4.98 Å². The van der Waals surface area contributed by atoms with Gasteiger partial charge in [0.25, 0.3) is 5.91 Å². The number of amides is 1. The van der Waals surface area contributed by atoms with Crippen LogP contribution in [0.15, 0.2) is 34.1 Å². The zero-order valence-corrected chi connectivity index (χ0v) is 13.1. The SMILES string of the molecule is Cc1csc(CCCNC(=O)c2ccccc2Br)n1. The molecule has 0 aliphatic rings. The molecule has 0 saturated heterocycles. The summed E-state index contributed by atoms with van der Waals surface area (Å²) in [6.07, 6.45) is 1.82. The molecule has 1 amide bonds. The number of benzene rings is 1. The summed E-state index contributed by atoms with van der Waals surface area (Å²) in [4.78, 5) is 16.3. The smallest absolute Gasteiger partial charge is 0.252 e. The van der Waals surface area contributed by atoms with E-state index in [4.69, 9.17) is 0 Å². The molecule has 0 saturated carbocycles. The van der Waals surface area contributed by atoms with Crippen molar-refractivity contribution >= 4 is 33.2 Å². The van der Waals surface area contributed by atoms with Crippen molar-refractivity contribution in [3.05, 3.63) is 50.4 Å². The summed E-state index contributed by atoms with van der Waals surface area (Å²) in [5.41, 5.74) is 1.74. The van der Waals surface area contributed by atoms with Crippen LogP contribution in [-0.4, -0.2) is 17.4 Å². The molecule has 1 N–H and O–H groups in total. The maximum absolute atomic E-state index is 11.9. The second kappa shape index (κ2) is 6.82. The predicted octanol–water partition coefficient (Wildman–Crippen LogP) is 3.58. The van der Waals surface area contributed by atoms with E-state index in [0.29, 0.717) is 12.1 Å². The molecule has 3 nitrogen and oxygen atoms in total. The quantitative estimate of drug-likeness (QED) is 0.846. The van der Waals surface area contributed by atoms with Crippen LogP contribution < -0.4 is 5.32 Å². The largest absolute Gasteiger partial charge is 0.352 e. The Balaban J connectivity index is 1.77. The molecule has 1 aromatic carbocycles. The molecule has 0 spiro atoms. The number of nitrogens with zero attached hydrogens (tertiary/aromatic N) is 1. The zero-order valence-electron chi connectivity index (χ0n) is 10.6. The highest BCUT2D eigenvalue weighted by molar-refractivity contribution is 9.10. The van der Waals surface area contributed by atoms with Crippen molar-refractivity contribution < 1.29 is 4.79 Å². The molecule has 1 heterocycles. The van der Waals surface area contributed by atoms with E-state index >= 15 is 0 Å². The molecule has 0 atom stereocenters. The Labute approximate surface area is 125 Å². The van der Waals surface area contributed by atoms with Crippen molar-refractivity contribution in [3.63, 3.8) is 0 Å². The van der Waals surface area contributed by atoms with Crippen LogP contribution in [0.2, 0.25) is 0 Å². The van der Waals surface area contributed by atoms with Gasteiger partial charge < -0.3 is 5.32 Å². The van der Waals surface area contributed by atoms with Crippen LogP contribution in [-0.2, 0) is 6.42 Å². The lowest BCUT2D eigenvalue weighted by Gasteiger charge is -2.06. The molecule has 2 aromatic rings. The maximum Gasteiger partial charge on any atom is 0.252 e. The lowest BCUT2D eigenvalue weighted by molar-refractivity contribution is 0.0952. The van der Waals surface area contributed by atoms with Gasteiger partial charge in [-0.1, -0.05) is 12.1 Å². The first-order chi connectivity index (χ1) is 9.16. The van der Waals surface area contributed by atoms with E-state index in [1.54, 1.807) is 11.3 Å². The summed E-state index contributed by atoms with van der Waals surface area (Å²) in [6, 6.07) is 7.43. The lowest BCUT2D eigenvalue weighted by Crippen LogP contribution is -2.25. The number of rotatable bonds is 5. The third-order valence-corrected chi connectivity index (χ3v) is 4.36. The Morgan fingerprint density at radius 1 is 1.42 bits per heavy atom. The zero-order chi connectivity index (χ0) is 13.7. The Hall–Kier alpha value is -1.20. The summed E-state index contributed by atoms with van der Waals surface area (Å²) < 4.78 is 0.822. The van der Waals surface area contributed by atoms with Gasteiger partial charge in [0.2, 0.25) is 0 Å². The predicted molar refractivity (Wildman–Crippen MR) is 81.6 cm³/mol. The normalized spacial score (nSPS) is 10.4. The van der Waals surface area contributed by atoms with Crippen molar-refractivity contribution in [2.45, 2.75) is 19.8 Å². The van der Waals surface area contributed by atoms with E-state index in [-0.39, 0.29) is 5.91 Å². The molecule has 1 aromatic heterocycles. The van der Waals surface area contributed by atoms with Gasteiger partial charge in [0.15, 0.2) is 0 Å². The summed E-state index contributed by atoms with van der Waals surface area (Å²) in [7, 11) is 0. The van der Waals surface area contributed by atoms with Crippen LogP contribution in [0.4, 0.5) is 0 Å². The van der Waals surface area contributed by atoms with Gasteiger partial charge >= 0.3 is 0 Å². The monoisotopic (exact) mass is 338 g/mol. The number of carbonyl (C=O) groups is 1. The molecular formula is C14H15BrN2OS. The third kappa shape index (κ3) is 4.14. The van der Waals surface area contributed by atoms with Gasteiger partial charge in [-0.2, -0.15) is 0 Å². The first-order valence-corrected chi connectivity index (χ1v) is 7.78. The Morgan fingerprint density at radius 3 is 2.89 bits per heavy atom. The number of hydrogen-bond acceptors (Lipinski definition) is 3. The first kappa shape index (κ1) is 14.2. The number of halogens is 1. The molecular weight excluding hydrogens is 324 g/mol. The van der Waals surface area contributed by atoms with E-state index in [1.165, 1.54) is 0 Å². The minimum absolute atomic E-state index is 0.0391. The van der Waals surface area contributed by atoms with Crippen LogP contribution in [0.3, 0.4) is 0 Å². The molecule has 0 fully saturated rings. The summed E-state index contributed by atoms with van der Waals surface area (Å²) in [6.45, 7) is 2.66. The highest BCUT2D eigenvalue weighted by atomic mass is 79.9. The fraction of sp³-hybridized carbons (Fsp3) is 0.286. The topological polar surface area (TPSA) is 42.0 Å².